The van der Waals surface area contributed by atoms with Crippen molar-refractivity contribution < 1.29 is 14.3 Å². The third kappa shape index (κ3) is 4.39. The Kier molecular flexibility index (Phi) is 6.35. The van der Waals surface area contributed by atoms with Crippen LogP contribution in [-0.4, -0.2) is 68.8 Å². The van der Waals surface area contributed by atoms with Crippen molar-refractivity contribution in [1.29, 1.82) is 0 Å². The highest BCUT2D eigenvalue weighted by molar-refractivity contribution is 5.99. The van der Waals surface area contributed by atoms with Crippen LogP contribution >= 0.6 is 0 Å². The first-order valence-corrected chi connectivity index (χ1v) is 12.4. The van der Waals surface area contributed by atoms with Gasteiger partial charge in [0.1, 0.15) is 0 Å². The molecule has 0 bridgehead atoms. The Labute approximate surface area is 210 Å². The van der Waals surface area contributed by atoms with Gasteiger partial charge in [-0.2, -0.15) is 5.10 Å². The molecule has 1 saturated heterocycles. The van der Waals surface area contributed by atoms with Crippen molar-refractivity contribution in [3.8, 4) is 11.3 Å². The van der Waals surface area contributed by atoms with Gasteiger partial charge in [0.05, 0.1) is 29.5 Å². The number of rotatable bonds is 4. The van der Waals surface area contributed by atoms with E-state index in [2.05, 4.69) is 36.3 Å². The second-order valence-corrected chi connectivity index (χ2v) is 9.51. The summed E-state index contributed by atoms with van der Waals surface area (Å²) in [7, 11) is 1.93. The van der Waals surface area contributed by atoms with Crippen LogP contribution in [0.4, 0.5) is 4.79 Å². The smallest absolute Gasteiger partial charge is 0.410 e. The maximum Gasteiger partial charge on any atom is 0.410 e. The van der Waals surface area contributed by atoms with E-state index in [1.54, 1.807) is 4.90 Å². The average Bonchev–Trinajstić information content (AvgIpc) is 3.26. The third-order valence-corrected chi connectivity index (χ3v) is 6.88. The molecule has 2 amide bonds. The van der Waals surface area contributed by atoms with E-state index in [1.807, 2.05) is 54.9 Å². The Morgan fingerprint density at radius 3 is 2.72 bits per heavy atom. The Hall–Kier alpha value is -3.94. The van der Waals surface area contributed by atoms with Crippen LogP contribution in [0.15, 0.2) is 48.7 Å². The summed E-state index contributed by atoms with van der Waals surface area (Å²) >= 11 is 0. The zero-order valence-electron chi connectivity index (χ0n) is 21.2. The van der Waals surface area contributed by atoms with Crippen molar-refractivity contribution in [2.75, 3.05) is 26.2 Å². The van der Waals surface area contributed by atoms with Gasteiger partial charge in [-0.15, -0.1) is 0 Å². The lowest BCUT2D eigenvalue weighted by Crippen LogP contribution is -2.55. The zero-order chi connectivity index (χ0) is 25.4. The van der Waals surface area contributed by atoms with Gasteiger partial charge < -0.3 is 14.5 Å². The molecule has 0 saturated carbocycles. The van der Waals surface area contributed by atoms with Gasteiger partial charge in [0, 0.05) is 54.6 Å². The van der Waals surface area contributed by atoms with Crippen molar-refractivity contribution in [2.45, 2.75) is 33.2 Å². The summed E-state index contributed by atoms with van der Waals surface area (Å²) in [4.78, 5) is 34.1. The molecule has 1 fully saturated rings. The molecule has 1 aliphatic rings. The van der Waals surface area contributed by atoms with E-state index in [1.165, 1.54) is 0 Å². The minimum Gasteiger partial charge on any atom is -0.449 e. The summed E-state index contributed by atoms with van der Waals surface area (Å²) in [6.45, 7) is 7.79. The van der Waals surface area contributed by atoms with Crippen LogP contribution in [0.2, 0.25) is 0 Å². The Balaban J connectivity index is 1.39. The summed E-state index contributed by atoms with van der Waals surface area (Å²) in [5, 5.41) is 6.41. The minimum absolute atomic E-state index is 0.0491. The predicted octanol–water partition coefficient (Wildman–Crippen LogP) is 4.79. The molecular formula is C28H31N5O3. The number of aromatic nitrogens is 3. The molecule has 1 aliphatic heterocycles. The summed E-state index contributed by atoms with van der Waals surface area (Å²) in [5.41, 5.74) is 5.44. The number of nitrogens with zero attached hydrogens (tertiary/aromatic N) is 5. The van der Waals surface area contributed by atoms with Gasteiger partial charge in [-0.25, -0.2) is 9.78 Å². The van der Waals surface area contributed by atoms with Crippen LogP contribution < -0.4 is 0 Å². The lowest BCUT2D eigenvalue weighted by molar-refractivity contribution is 0.0412. The number of ether oxygens (including phenoxy) is 1. The average molecular weight is 486 g/mol. The number of fused-ring (bicyclic) bond motifs is 2. The van der Waals surface area contributed by atoms with Gasteiger partial charge in [0.25, 0.3) is 5.91 Å². The molecule has 3 heterocycles. The van der Waals surface area contributed by atoms with E-state index in [0.717, 1.165) is 45.0 Å². The first-order chi connectivity index (χ1) is 17.4. The predicted molar refractivity (Wildman–Crippen MR) is 140 cm³/mol. The number of benzene rings is 2. The molecule has 8 heteroatoms. The van der Waals surface area contributed by atoms with Gasteiger partial charge in [-0.3, -0.25) is 9.48 Å². The quantitative estimate of drug-likeness (QED) is 0.415. The fourth-order valence-corrected chi connectivity index (χ4v) is 4.87. The summed E-state index contributed by atoms with van der Waals surface area (Å²) in [6, 6.07) is 13.9. The number of amides is 2. The van der Waals surface area contributed by atoms with Crippen LogP contribution in [0.5, 0.6) is 0 Å². The first-order valence-electron chi connectivity index (χ1n) is 12.4. The van der Waals surface area contributed by atoms with Gasteiger partial charge in [0.2, 0.25) is 0 Å². The third-order valence-electron chi connectivity index (χ3n) is 6.88. The number of pyridine rings is 1. The minimum atomic E-state index is -0.307. The standard InChI is InChI=1S/C28H31N5O3/c1-5-12-36-28(35)33-11-10-32(17-19(33)3)27(34)21-6-8-23-18(2)13-24(30-25(23)15-21)20-7-9-26-22(14-20)16-29-31(26)4/h6-9,13-16,19H,5,10-12,17H2,1-4H3. The Bertz CT molecular complexity index is 1460. The van der Waals surface area contributed by atoms with E-state index >= 15 is 0 Å². The number of carbonyl (C=O) groups excluding carboxylic acids is 2. The van der Waals surface area contributed by atoms with Crippen LogP contribution in [0.1, 0.15) is 36.2 Å². The first kappa shape index (κ1) is 23.8. The molecule has 8 nitrogen and oxygen atoms in total. The molecule has 1 unspecified atom stereocenters. The molecule has 0 N–H and O–H groups in total. The maximum atomic E-state index is 13.4. The van der Waals surface area contributed by atoms with E-state index in [0.29, 0.717) is 31.8 Å². The van der Waals surface area contributed by atoms with Gasteiger partial charge in [-0.1, -0.05) is 19.1 Å². The highest BCUT2D eigenvalue weighted by Crippen LogP contribution is 2.28. The number of hydrogen-bond donors (Lipinski definition) is 0. The Morgan fingerprint density at radius 2 is 1.94 bits per heavy atom. The normalized spacial score (nSPS) is 16.1. The molecule has 4 aromatic rings. The second-order valence-electron chi connectivity index (χ2n) is 9.51. The molecule has 36 heavy (non-hydrogen) atoms. The van der Waals surface area contributed by atoms with Crippen LogP contribution in [0.3, 0.4) is 0 Å². The second kappa shape index (κ2) is 9.60. The van der Waals surface area contributed by atoms with Gasteiger partial charge in [0.15, 0.2) is 0 Å². The maximum absolute atomic E-state index is 13.4. The van der Waals surface area contributed by atoms with Crippen LogP contribution in [-0.2, 0) is 11.8 Å². The number of piperazine rings is 1. The van der Waals surface area contributed by atoms with Crippen molar-refractivity contribution in [3.63, 3.8) is 0 Å². The van der Waals surface area contributed by atoms with E-state index in [9.17, 15) is 9.59 Å². The molecule has 2 aromatic carbocycles. The van der Waals surface area contributed by atoms with Gasteiger partial charge >= 0.3 is 6.09 Å². The summed E-state index contributed by atoms with van der Waals surface area (Å²) in [6.07, 6.45) is 2.33. The van der Waals surface area contributed by atoms with Gasteiger partial charge in [-0.05, 0) is 56.2 Å². The molecular weight excluding hydrogens is 454 g/mol. The number of carbonyl (C=O) groups is 2. The number of hydrogen-bond acceptors (Lipinski definition) is 5. The molecule has 0 aliphatic carbocycles. The van der Waals surface area contributed by atoms with Crippen molar-refractivity contribution in [2.24, 2.45) is 7.05 Å². The zero-order valence-corrected chi connectivity index (χ0v) is 21.2. The highest BCUT2D eigenvalue weighted by atomic mass is 16.6. The monoisotopic (exact) mass is 485 g/mol. The fraction of sp³-hybridized carbons (Fsp3) is 0.357. The topological polar surface area (TPSA) is 80.6 Å². The molecule has 1 atom stereocenters. The fourth-order valence-electron chi connectivity index (χ4n) is 4.87. The van der Waals surface area contributed by atoms with Crippen LogP contribution in [0.25, 0.3) is 33.1 Å². The lowest BCUT2D eigenvalue weighted by atomic mass is 10.0. The summed E-state index contributed by atoms with van der Waals surface area (Å²) < 4.78 is 7.14. The largest absolute Gasteiger partial charge is 0.449 e. The molecule has 5 rings (SSSR count). The SMILES string of the molecule is CCCOC(=O)N1CCN(C(=O)c2ccc3c(C)cc(-c4ccc5c(cnn5C)c4)nc3c2)CC1C. The molecule has 0 radical (unpaired) electrons. The summed E-state index contributed by atoms with van der Waals surface area (Å²) in [5.74, 6) is -0.0491. The van der Waals surface area contributed by atoms with E-state index in [4.69, 9.17) is 9.72 Å². The van der Waals surface area contributed by atoms with Crippen LogP contribution in [0, 0.1) is 6.92 Å². The van der Waals surface area contributed by atoms with Crippen molar-refractivity contribution >= 4 is 33.8 Å². The molecule has 2 aromatic heterocycles. The lowest BCUT2D eigenvalue weighted by Gasteiger charge is -2.39. The highest BCUT2D eigenvalue weighted by Gasteiger charge is 2.31. The Morgan fingerprint density at radius 1 is 1.11 bits per heavy atom. The molecule has 0 spiro atoms. The van der Waals surface area contributed by atoms with E-state index in [-0.39, 0.29) is 18.0 Å². The van der Waals surface area contributed by atoms with Crippen molar-refractivity contribution in [1.82, 2.24) is 24.6 Å². The van der Waals surface area contributed by atoms with E-state index < -0.39 is 0 Å². The number of aryl methyl sites for hydroxylation is 2. The van der Waals surface area contributed by atoms with Crippen molar-refractivity contribution in [3.05, 3.63) is 59.8 Å². The molecule has 186 valence electrons.